The largest absolute Gasteiger partial charge is 0.338 e. The minimum Gasteiger partial charge on any atom is -0.338 e. The van der Waals surface area contributed by atoms with E-state index in [9.17, 15) is 4.79 Å². The first kappa shape index (κ1) is 12.0. The molecule has 1 aromatic rings. The van der Waals surface area contributed by atoms with Crippen molar-refractivity contribution in [1.82, 2.24) is 4.90 Å². The molecule has 82 valence electrons. The first-order valence-electron chi connectivity index (χ1n) is 4.77. The van der Waals surface area contributed by atoms with E-state index in [1.165, 1.54) is 0 Å². The maximum absolute atomic E-state index is 11.4. The van der Waals surface area contributed by atoms with E-state index in [1.807, 2.05) is 31.2 Å². The smallest absolute Gasteiger partial charge is 0.236 e. The van der Waals surface area contributed by atoms with Gasteiger partial charge in [-0.1, -0.05) is 23.7 Å². The third kappa shape index (κ3) is 2.94. The van der Waals surface area contributed by atoms with Gasteiger partial charge in [0.15, 0.2) is 0 Å². The van der Waals surface area contributed by atoms with Crippen molar-refractivity contribution in [1.29, 1.82) is 0 Å². The minimum atomic E-state index is -0.0810. The van der Waals surface area contributed by atoms with Crippen LogP contribution in [0.2, 0.25) is 5.02 Å². The Morgan fingerprint density at radius 1 is 1.60 bits per heavy atom. The lowest BCUT2D eigenvalue weighted by atomic mass is 10.1. The van der Waals surface area contributed by atoms with Crippen molar-refractivity contribution in [3.8, 4) is 0 Å². The van der Waals surface area contributed by atoms with Gasteiger partial charge in [0.2, 0.25) is 5.91 Å². The normalized spacial score (nSPS) is 12.3. The Morgan fingerprint density at radius 3 is 2.80 bits per heavy atom. The summed E-state index contributed by atoms with van der Waals surface area (Å²) in [6.07, 6.45) is 0. The molecule has 0 unspecified atom stereocenters. The molecule has 0 aromatic heterocycles. The van der Waals surface area contributed by atoms with Crippen molar-refractivity contribution in [3.63, 3.8) is 0 Å². The number of carbonyl (C=O) groups is 1. The molecule has 1 amide bonds. The second-order valence-corrected chi connectivity index (χ2v) is 3.88. The second kappa shape index (κ2) is 5.14. The maximum atomic E-state index is 11.4. The zero-order chi connectivity index (χ0) is 11.4. The summed E-state index contributed by atoms with van der Waals surface area (Å²) in [5.41, 5.74) is 6.31. The lowest BCUT2D eigenvalue weighted by Gasteiger charge is -2.24. The molecule has 0 saturated heterocycles. The van der Waals surface area contributed by atoms with Crippen LogP contribution in [0.15, 0.2) is 24.3 Å². The number of likely N-dealkylation sites (N-methyl/N-ethyl adjacent to an activating group) is 1. The van der Waals surface area contributed by atoms with Crippen LogP contribution in [0.3, 0.4) is 0 Å². The van der Waals surface area contributed by atoms with Crippen molar-refractivity contribution in [3.05, 3.63) is 34.9 Å². The van der Waals surface area contributed by atoms with E-state index in [2.05, 4.69) is 0 Å². The van der Waals surface area contributed by atoms with Gasteiger partial charge in [0, 0.05) is 12.1 Å². The predicted octanol–water partition coefficient (Wildman–Crippen LogP) is 1.82. The number of benzene rings is 1. The SMILES string of the molecule is C[C@H](c1cccc(Cl)c1)N(C)C(=O)CN. The summed E-state index contributed by atoms with van der Waals surface area (Å²) in [6, 6.07) is 7.46. The summed E-state index contributed by atoms with van der Waals surface area (Å²) in [7, 11) is 1.74. The van der Waals surface area contributed by atoms with Gasteiger partial charge in [0.05, 0.1) is 12.6 Å². The number of hydrogen-bond acceptors (Lipinski definition) is 2. The Labute approximate surface area is 94.8 Å². The molecule has 1 rings (SSSR count). The lowest BCUT2D eigenvalue weighted by molar-refractivity contribution is -0.130. The Morgan fingerprint density at radius 2 is 2.27 bits per heavy atom. The van der Waals surface area contributed by atoms with E-state index >= 15 is 0 Å². The molecule has 15 heavy (non-hydrogen) atoms. The van der Waals surface area contributed by atoms with Crippen molar-refractivity contribution in [2.24, 2.45) is 5.73 Å². The average molecular weight is 227 g/mol. The van der Waals surface area contributed by atoms with Gasteiger partial charge in [-0.15, -0.1) is 0 Å². The van der Waals surface area contributed by atoms with Gasteiger partial charge in [0.1, 0.15) is 0 Å². The fourth-order valence-electron chi connectivity index (χ4n) is 1.35. The number of amides is 1. The van der Waals surface area contributed by atoms with E-state index in [0.717, 1.165) is 5.56 Å². The summed E-state index contributed by atoms with van der Waals surface area (Å²) >= 11 is 5.88. The van der Waals surface area contributed by atoms with E-state index in [4.69, 9.17) is 17.3 Å². The molecule has 1 atom stereocenters. The fraction of sp³-hybridized carbons (Fsp3) is 0.364. The lowest BCUT2D eigenvalue weighted by Crippen LogP contribution is -2.34. The van der Waals surface area contributed by atoms with Gasteiger partial charge >= 0.3 is 0 Å². The molecule has 1 aromatic carbocycles. The summed E-state index contributed by atoms with van der Waals surface area (Å²) in [6.45, 7) is 1.97. The predicted molar refractivity (Wildman–Crippen MR) is 61.7 cm³/mol. The maximum Gasteiger partial charge on any atom is 0.236 e. The molecular weight excluding hydrogens is 212 g/mol. The topological polar surface area (TPSA) is 46.3 Å². The standard InChI is InChI=1S/C11H15ClN2O/c1-8(14(2)11(15)7-13)9-4-3-5-10(12)6-9/h3-6,8H,7,13H2,1-2H3/t8-/m1/s1. The summed E-state index contributed by atoms with van der Waals surface area (Å²) in [4.78, 5) is 13.0. The molecule has 4 heteroatoms. The van der Waals surface area contributed by atoms with Crippen LogP contribution < -0.4 is 5.73 Å². The highest BCUT2D eigenvalue weighted by Gasteiger charge is 2.15. The third-order valence-corrected chi connectivity index (χ3v) is 2.72. The highest BCUT2D eigenvalue weighted by molar-refractivity contribution is 6.30. The van der Waals surface area contributed by atoms with Crippen LogP contribution in [-0.2, 0) is 4.79 Å². The number of hydrogen-bond donors (Lipinski definition) is 1. The number of nitrogens with two attached hydrogens (primary N) is 1. The minimum absolute atomic E-state index is 0.0141. The Kier molecular flexibility index (Phi) is 4.12. The van der Waals surface area contributed by atoms with E-state index in [1.54, 1.807) is 11.9 Å². The third-order valence-electron chi connectivity index (χ3n) is 2.48. The average Bonchev–Trinajstić information content (AvgIpc) is 2.26. The highest BCUT2D eigenvalue weighted by Crippen LogP contribution is 2.21. The van der Waals surface area contributed by atoms with Crippen LogP contribution in [0.5, 0.6) is 0 Å². The summed E-state index contributed by atoms with van der Waals surface area (Å²) in [5, 5.41) is 0.674. The molecule has 2 N–H and O–H groups in total. The fourth-order valence-corrected chi connectivity index (χ4v) is 1.55. The molecule has 0 aliphatic heterocycles. The molecular formula is C11H15ClN2O. The Bertz CT molecular complexity index is 354. The first-order chi connectivity index (χ1) is 7.06. The zero-order valence-corrected chi connectivity index (χ0v) is 9.66. The molecule has 0 heterocycles. The van der Waals surface area contributed by atoms with Gasteiger partial charge in [-0.25, -0.2) is 0 Å². The van der Waals surface area contributed by atoms with Gasteiger partial charge < -0.3 is 10.6 Å². The Hall–Kier alpha value is -1.06. The van der Waals surface area contributed by atoms with Crippen LogP contribution in [0.25, 0.3) is 0 Å². The Balaban J connectivity index is 2.84. The molecule has 0 saturated carbocycles. The van der Waals surface area contributed by atoms with Crippen molar-refractivity contribution < 1.29 is 4.79 Å². The van der Waals surface area contributed by atoms with Crippen molar-refractivity contribution in [2.45, 2.75) is 13.0 Å². The van der Waals surface area contributed by atoms with Gasteiger partial charge in [-0.3, -0.25) is 4.79 Å². The van der Waals surface area contributed by atoms with Crippen LogP contribution in [-0.4, -0.2) is 24.4 Å². The van der Waals surface area contributed by atoms with E-state index < -0.39 is 0 Å². The molecule has 0 spiro atoms. The molecule has 0 bridgehead atoms. The van der Waals surface area contributed by atoms with E-state index in [0.29, 0.717) is 5.02 Å². The van der Waals surface area contributed by atoms with Gasteiger partial charge in [-0.05, 0) is 24.6 Å². The van der Waals surface area contributed by atoms with Crippen LogP contribution in [0.4, 0.5) is 0 Å². The summed E-state index contributed by atoms with van der Waals surface area (Å²) < 4.78 is 0. The van der Waals surface area contributed by atoms with Crippen LogP contribution >= 0.6 is 11.6 Å². The zero-order valence-electron chi connectivity index (χ0n) is 8.90. The number of halogens is 1. The monoisotopic (exact) mass is 226 g/mol. The number of nitrogens with zero attached hydrogens (tertiary/aromatic N) is 1. The van der Waals surface area contributed by atoms with Crippen LogP contribution in [0, 0.1) is 0 Å². The summed E-state index contributed by atoms with van der Waals surface area (Å²) in [5.74, 6) is -0.0810. The van der Waals surface area contributed by atoms with Crippen LogP contribution in [0.1, 0.15) is 18.5 Å². The van der Waals surface area contributed by atoms with Gasteiger partial charge in [-0.2, -0.15) is 0 Å². The van der Waals surface area contributed by atoms with E-state index in [-0.39, 0.29) is 18.5 Å². The quantitative estimate of drug-likeness (QED) is 0.855. The van der Waals surface area contributed by atoms with Gasteiger partial charge in [0.25, 0.3) is 0 Å². The number of carbonyl (C=O) groups excluding carboxylic acids is 1. The molecule has 3 nitrogen and oxygen atoms in total. The molecule has 0 aliphatic rings. The van der Waals surface area contributed by atoms with Crippen molar-refractivity contribution >= 4 is 17.5 Å². The molecule has 0 radical (unpaired) electrons. The second-order valence-electron chi connectivity index (χ2n) is 3.44. The van der Waals surface area contributed by atoms with Crippen molar-refractivity contribution in [2.75, 3.05) is 13.6 Å². The number of rotatable bonds is 3. The molecule has 0 aliphatic carbocycles. The highest BCUT2D eigenvalue weighted by atomic mass is 35.5. The first-order valence-corrected chi connectivity index (χ1v) is 5.15. The molecule has 0 fully saturated rings.